The van der Waals surface area contributed by atoms with E-state index in [1.807, 2.05) is 32.0 Å². The van der Waals surface area contributed by atoms with Crippen LogP contribution in [0.2, 0.25) is 0 Å². The highest BCUT2D eigenvalue weighted by atomic mass is 32.2. The van der Waals surface area contributed by atoms with E-state index >= 15 is 0 Å². The highest BCUT2D eigenvalue weighted by Gasteiger charge is 2.13. The molecule has 16 heavy (non-hydrogen) atoms. The third-order valence-electron chi connectivity index (χ3n) is 1.90. The molecule has 4 heteroatoms. The normalized spacial score (nSPS) is 10.5. The zero-order chi connectivity index (χ0) is 12.1. The summed E-state index contributed by atoms with van der Waals surface area (Å²) in [5, 5.41) is 0. The molecule has 1 aromatic carbocycles. The summed E-state index contributed by atoms with van der Waals surface area (Å²) in [5.41, 5.74) is 6.62. The Morgan fingerprint density at radius 3 is 2.69 bits per heavy atom. The summed E-state index contributed by atoms with van der Waals surface area (Å²) in [7, 11) is 0. The van der Waals surface area contributed by atoms with Crippen LogP contribution in [0.15, 0.2) is 23.1 Å². The summed E-state index contributed by atoms with van der Waals surface area (Å²) < 4.78 is 5.71. The van der Waals surface area contributed by atoms with E-state index in [4.69, 9.17) is 22.7 Å². The molecule has 0 aliphatic heterocycles. The van der Waals surface area contributed by atoms with Crippen LogP contribution >= 0.6 is 24.0 Å². The average molecular weight is 255 g/mol. The number of thiocarbonyl (C=S) groups is 1. The number of benzene rings is 1. The number of hydrogen-bond donors (Lipinski definition) is 1. The Labute approximate surface area is 107 Å². The lowest BCUT2D eigenvalue weighted by Crippen LogP contribution is -2.15. The first-order chi connectivity index (χ1) is 7.56. The minimum Gasteiger partial charge on any atom is -0.490 e. The maximum atomic E-state index is 5.76. The van der Waals surface area contributed by atoms with Gasteiger partial charge in [-0.25, -0.2) is 0 Å². The van der Waals surface area contributed by atoms with Crippen LogP contribution < -0.4 is 10.5 Å². The molecule has 88 valence electrons. The van der Waals surface area contributed by atoms with Crippen LogP contribution in [-0.2, 0) is 0 Å². The standard InChI is InChI=1S/C12H17NOS2/c1-4-16-10-7-5-6-9(14-8(2)3)11(10)12(13)15/h5-8H,4H2,1-3H3,(H2,13,15). The van der Waals surface area contributed by atoms with E-state index in [1.165, 1.54) is 0 Å². The maximum absolute atomic E-state index is 5.76. The second-order valence-electron chi connectivity index (χ2n) is 3.59. The number of thioether (sulfide) groups is 1. The Balaban J connectivity index is 3.16. The molecule has 0 aliphatic carbocycles. The van der Waals surface area contributed by atoms with Crippen molar-refractivity contribution in [3.05, 3.63) is 23.8 Å². The smallest absolute Gasteiger partial charge is 0.130 e. The lowest BCUT2D eigenvalue weighted by atomic mass is 10.2. The molecule has 0 atom stereocenters. The monoisotopic (exact) mass is 255 g/mol. The molecule has 0 saturated heterocycles. The molecule has 0 heterocycles. The van der Waals surface area contributed by atoms with Gasteiger partial charge in [0.05, 0.1) is 11.7 Å². The number of ether oxygens (including phenoxy) is 1. The number of nitrogens with two attached hydrogens (primary N) is 1. The van der Waals surface area contributed by atoms with Gasteiger partial charge in [-0.3, -0.25) is 0 Å². The second-order valence-corrected chi connectivity index (χ2v) is 5.34. The average Bonchev–Trinajstić information content (AvgIpc) is 2.16. The van der Waals surface area contributed by atoms with Gasteiger partial charge in [0.15, 0.2) is 0 Å². The first kappa shape index (κ1) is 13.3. The Hall–Kier alpha value is -0.740. The van der Waals surface area contributed by atoms with Crippen molar-refractivity contribution >= 4 is 29.0 Å². The van der Waals surface area contributed by atoms with Crippen LogP contribution in [0.3, 0.4) is 0 Å². The Morgan fingerprint density at radius 2 is 2.19 bits per heavy atom. The zero-order valence-electron chi connectivity index (χ0n) is 9.82. The molecule has 0 radical (unpaired) electrons. The molecule has 2 nitrogen and oxygen atoms in total. The summed E-state index contributed by atoms with van der Waals surface area (Å²) in [4.78, 5) is 1.49. The summed E-state index contributed by atoms with van der Waals surface area (Å²) in [6.07, 6.45) is 0.120. The van der Waals surface area contributed by atoms with Crippen LogP contribution in [0.4, 0.5) is 0 Å². The molecular weight excluding hydrogens is 238 g/mol. The Kier molecular flexibility index (Phi) is 5.09. The molecule has 0 unspecified atom stereocenters. The molecule has 0 spiro atoms. The van der Waals surface area contributed by atoms with Crippen LogP contribution in [0.25, 0.3) is 0 Å². The van der Waals surface area contributed by atoms with Gasteiger partial charge in [-0.2, -0.15) is 0 Å². The molecule has 1 rings (SSSR count). The lowest BCUT2D eigenvalue weighted by molar-refractivity contribution is 0.241. The highest BCUT2D eigenvalue weighted by Crippen LogP contribution is 2.30. The molecule has 0 amide bonds. The van der Waals surface area contributed by atoms with E-state index in [1.54, 1.807) is 11.8 Å². The van der Waals surface area contributed by atoms with E-state index in [0.29, 0.717) is 4.99 Å². The van der Waals surface area contributed by atoms with Crippen LogP contribution in [-0.4, -0.2) is 16.8 Å². The molecule has 0 aliphatic rings. The molecular formula is C12H17NOS2. The van der Waals surface area contributed by atoms with Crippen LogP contribution in [0.1, 0.15) is 26.3 Å². The third-order valence-corrected chi connectivity index (χ3v) is 3.04. The van der Waals surface area contributed by atoms with Gasteiger partial charge in [0.2, 0.25) is 0 Å². The van der Waals surface area contributed by atoms with Gasteiger partial charge in [-0.15, -0.1) is 11.8 Å². The SMILES string of the molecule is CCSc1cccc(OC(C)C)c1C(N)=S. The van der Waals surface area contributed by atoms with E-state index in [-0.39, 0.29) is 6.10 Å². The van der Waals surface area contributed by atoms with Crippen molar-refractivity contribution in [1.82, 2.24) is 0 Å². The quantitative estimate of drug-likeness (QED) is 0.647. The Bertz CT molecular complexity index is 377. The van der Waals surface area contributed by atoms with Gasteiger partial charge in [0, 0.05) is 4.90 Å². The van der Waals surface area contributed by atoms with Gasteiger partial charge >= 0.3 is 0 Å². The fourth-order valence-corrected chi connectivity index (χ4v) is 2.50. The molecule has 0 fully saturated rings. The molecule has 2 N–H and O–H groups in total. The maximum Gasteiger partial charge on any atom is 0.130 e. The molecule has 1 aromatic rings. The van der Waals surface area contributed by atoms with Crippen LogP contribution in [0, 0.1) is 0 Å². The zero-order valence-corrected chi connectivity index (χ0v) is 11.5. The molecule has 0 saturated carbocycles. The fraction of sp³-hybridized carbons (Fsp3) is 0.417. The van der Waals surface area contributed by atoms with Gasteiger partial charge in [-0.1, -0.05) is 25.2 Å². The van der Waals surface area contributed by atoms with E-state index in [0.717, 1.165) is 22.0 Å². The first-order valence-corrected chi connectivity index (χ1v) is 6.68. The molecule has 0 bridgehead atoms. The minimum absolute atomic E-state index is 0.120. The van der Waals surface area contributed by atoms with E-state index in [2.05, 4.69) is 6.92 Å². The van der Waals surface area contributed by atoms with Crippen molar-refractivity contribution in [3.8, 4) is 5.75 Å². The predicted octanol–water partition coefficient (Wildman–Crippen LogP) is 3.22. The summed E-state index contributed by atoms with van der Waals surface area (Å²) in [6.45, 7) is 6.08. The minimum atomic E-state index is 0.120. The molecule has 0 aromatic heterocycles. The predicted molar refractivity (Wildman–Crippen MR) is 74.5 cm³/mol. The summed E-state index contributed by atoms with van der Waals surface area (Å²) in [5.74, 6) is 1.77. The van der Waals surface area contributed by atoms with Crippen molar-refractivity contribution in [1.29, 1.82) is 0 Å². The fourth-order valence-electron chi connectivity index (χ4n) is 1.38. The summed E-state index contributed by atoms with van der Waals surface area (Å²) in [6, 6.07) is 5.90. The topological polar surface area (TPSA) is 35.2 Å². The van der Waals surface area contributed by atoms with Gasteiger partial charge in [0.25, 0.3) is 0 Å². The van der Waals surface area contributed by atoms with Gasteiger partial charge in [-0.05, 0) is 31.7 Å². The van der Waals surface area contributed by atoms with Crippen molar-refractivity contribution < 1.29 is 4.74 Å². The summed E-state index contributed by atoms with van der Waals surface area (Å²) >= 11 is 6.81. The highest BCUT2D eigenvalue weighted by molar-refractivity contribution is 7.99. The van der Waals surface area contributed by atoms with Gasteiger partial charge in [0.1, 0.15) is 10.7 Å². The largest absolute Gasteiger partial charge is 0.490 e. The third kappa shape index (κ3) is 3.39. The Morgan fingerprint density at radius 1 is 1.50 bits per heavy atom. The van der Waals surface area contributed by atoms with Crippen molar-refractivity contribution in [2.45, 2.75) is 31.8 Å². The van der Waals surface area contributed by atoms with E-state index < -0.39 is 0 Å². The number of hydrogen-bond acceptors (Lipinski definition) is 3. The van der Waals surface area contributed by atoms with E-state index in [9.17, 15) is 0 Å². The van der Waals surface area contributed by atoms with Gasteiger partial charge < -0.3 is 10.5 Å². The second kappa shape index (κ2) is 6.11. The van der Waals surface area contributed by atoms with Crippen molar-refractivity contribution in [2.24, 2.45) is 5.73 Å². The van der Waals surface area contributed by atoms with Crippen LogP contribution in [0.5, 0.6) is 5.75 Å². The first-order valence-electron chi connectivity index (χ1n) is 5.28. The van der Waals surface area contributed by atoms with Crippen molar-refractivity contribution in [2.75, 3.05) is 5.75 Å². The lowest BCUT2D eigenvalue weighted by Gasteiger charge is -2.16. The number of rotatable bonds is 5. The van der Waals surface area contributed by atoms with Crippen molar-refractivity contribution in [3.63, 3.8) is 0 Å².